The first-order valence-corrected chi connectivity index (χ1v) is 13.2. The summed E-state index contributed by atoms with van der Waals surface area (Å²) < 4.78 is 0. The van der Waals surface area contributed by atoms with Crippen LogP contribution < -0.4 is 5.32 Å². The standard InChI is InChI=1S/C35H41N/c1-8-12-28(13-9-2)32-18-19-34(7,36-24-32)35(22-27(35)6)23-33(26(5)20-25(3)4)31-17-16-29-14-10-11-15-30(29)21-31/h8-15,17-20,23-24,29-30,36H,1,5-6,16,21-22H2,2-4,7H3/b13-9-,28-12+,33-23+. The van der Waals surface area contributed by atoms with Crippen LogP contribution in [0.15, 0.2) is 144 Å². The van der Waals surface area contributed by atoms with Gasteiger partial charge in [-0.05, 0) is 86.7 Å². The zero-order valence-electron chi connectivity index (χ0n) is 22.5. The largest absolute Gasteiger partial charge is 0.381 e. The fraction of sp³-hybridized carbons (Fsp3) is 0.314. The van der Waals surface area contributed by atoms with Gasteiger partial charge in [0.15, 0.2) is 0 Å². The van der Waals surface area contributed by atoms with Crippen LogP contribution in [0, 0.1) is 17.3 Å². The van der Waals surface area contributed by atoms with Crippen LogP contribution in [0.5, 0.6) is 0 Å². The molecule has 1 heterocycles. The Labute approximate surface area is 218 Å². The van der Waals surface area contributed by atoms with Gasteiger partial charge >= 0.3 is 0 Å². The van der Waals surface area contributed by atoms with E-state index in [1.165, 1.54) is 22.3 Å². The van der Waals surface area contributed by atoms with Crippen molar-refractivity contribution in [2.75, 3.05) is 0 Å². The highest BCUT2D eigenvalue weighted by Crippen LogP contribution is 2.62. The zero-order chi connectivity index (χ0) is 25.9. The molecule has 0 spiro atoms. The van der Waals surface area contributed by atoms with Crippen molar-refractivity contribution in [3.8, 4) is 0 Å². The minimum atomic E-state index is -0.259. The van der Waals surface area contributed by atoms with Crippen molar-refractivity contribution in [3.63, 3.8) is 0 Å². The van der Waals surface area contributed by atoms with Gasteiger partial charge in [0, 0.05) is 11.6 Å². The number of nitrogens with one attached hydrogen (secondary N) is 1. The Morgan fingerprint density at radius 3 is 2.47 bits per heavy atom. The molecular formula is C35H41N. The molecule has 0 bridgehead atoms. The Hall–Kier alpha value is -3.32. The summed E-state index contributed by atoms with van der Waals surface area (Å²) in [5, 5.41) is 3.76. The monoisotopic (exact) mass is 475 g/mol. The summed E-state index contributed by atoms with van der Waals surface area (Å²) in [6.45, 7) is 21.5. The second-order valence-corrected chi connectivity index (χ2v) is 11.0. The molecule has 0 aromatic heterocycles. The van der Waals surface area contributed by atoms with Crippen molar-refractivity contribution < 1.29 is 0 Å². The molecular weight excluding hydrogens is 434 g/mol. The number of hydrogen-bond acceptors (Lipinski definition) is 1. The predicted octanol–water partition coefficient (Wildman–Crippen LogP) is 8.95. The van der Waals surface area contributed by atoms with E-state index in [1.54, 1.807) is 0 Å². The molecule has 1 N–H and O–H groups in total. The number of allylic oxidation sites excluding steroid dienone is 17. The SMILES string of the molecule is C=C/C=C(\C=C/C)C1=CNC(C)(C2(/C=C(\C(=C)C=C(C)C)C3=CCC4C=CC=CC4C3)CC2=C)C=C1. The van der Waals surface area contributed by atoms with E-state index in [0.29, 0.717) is 11.8 Å². The molecule has 1 nitrogen and oxygen atoms in total. The van der Waals surface area contributed by atoms with Gasteiger partial charge in [0.2, 0.25) is 0 Å². The minimum Gasteiger partial charge on any atom is -0.381 e. The lowest BCUT2D eigenvalue weighted by molar-refractivity contribution is 0.365. The summed E-state index contributed by atoms with van der Waals surface area (Å²) in [7, 11) is 0. The molecule has 1 fully saturated rings. The molecule has 4 atom stereocenters. The van der Waals surface area contributed by atoms with Crippen LogP contribution in [0.4, 0.5) is 0 Å². The first-order chi connectivity index (χ1) is 17.2. The van der Waals surface area contributed by atoms with Crippen LogP contribution in [0.2, 0.25) is 0 Å². The molecule has 0 radical (unpaired) electrons. The van der Waals surface area contributed by atoms with E-state index >= 15 is 0 Å². The molecule has 0 saturated heterocycles. The minimum absolute atomic E-state index is 0.151. The van der Waals surface area contributed by atoms with E-state index in [1.807, 2.05) is 19.1 Å². The number of hydrogen-bond donors (Lipinski definition) is 1. The summed E-state index contributed by atoms with van der Waals surface area (Å²) >= 11 is 0. The van der Waals surface area contributed by atoms with Crippen LogP contribution in [0.3, 0.4) is 0 Å². The van der Waals surface area contributed by atoms with E-state index < -0.39 is 0 Å². The lowest BCUT2D eigenvalue weighted by Gasteiger charge is -2.38. The maximum Gasteiger partial charge on any atom is 0.0657 e. The predicted molar refractivity (Wildman–Crippen MR) is 157 cm³/mol. The Morgan fingerprint density at radius 1 is 1.17 bits per heavy atom. The number of fused-ring (bicyclic) bond motifs is 1. The molecule has 0 aromatic carbocycles. The topological polar surface area (TPSA) is 12.0 Å². The fourth-order valence-electron chi connectivity index (χ4n) is 5.81. The summed E-state index contributed by atoms with van der Waals surface area (Å²) in [6.07, 6.45) is 34.2. The van der Waals surface area contributed by atoms with Crippen LogP contribution >= 0.6 is 0 Å². The highest BCUT2D eigenvalue weighted by atomic mass is 15.0. The molecule has 36 heavy (non-hydrogen) atoms. The van der Waals surface area contributed by atoms with Gasteiger partial charge in [-0.25, -0.2) is 0 Å². The van der Waals surface area contributed by atoms with Crippen molar-refractivity contribution in [2.24, 2.45) is 17.3 Å². The second-order valence-electron chi connectivity index (χ2n) is 11.0. The molecule has 4 aliphatic rings. The van der Waals surface area contributed by atoms with Gasteiger partial charge in [0.25, 0.3) is 0 Å². The van der Waals surface area contributed by atoms with E-state index in [4.69, 9.17) is 0 Å². The third-order valence-corrected chi connectivity index (χ3v) is 8.04. The normalized spacial score (nSPS) is 31.4. The van der Waals surface area contributed by atoms with E-state index in [2.05, 4.69) is 119 Å². The smallest absolute Gasteiger partial charge is 0.0657 e. The lowest BCUT2D eigenvalue weighted by atomic mass is 9.72. The third-order valence-electron chi connectivity index (χ3n) is 8.04. The lowest BCUT2D eigenvalue weighted by Crippen LogP contribution is -2.47. The van der Waals surface area contributed by atoms with Crippen molar-refractivity contribution in [1.29, 1.82) is 0 Å². The summed E-state index contributed by atoms with van der Waals surface area (Å²) in [6, 6.07) is 0. The average Bonchev–Trinajstić information content (AvgIpc) is 3.53. The van der Waals surface area contributed by atoms with Gasteiger partial charge in [-0.15, -0.1) is 0 Å². The third kappa shape index (κ3) is 4.98. The maximum atomic E-state index is 4.53. The van der Waals surface area contributed by atoms with Crippen molar-refractivity contribution in [2.45, 2.75) is 52.5 Å². The molecule has 4 unspecified atom stereocenters. The Balaban J connectivity index is 1.71. The molecule has 4 rings (SSSR count). The van der Waals surface area contributed by atoms with Crippen molar-refractivity contribution >= 4 is 0 Å². The van der Waals surface area contributed by atoms with Crippen LogP contribution in [-0.4, -0.2) is 5.54 Å². The van der Waals surface area contributed by atoms with Gasteiger partial charge in [-0.2, -0.15) is 0 Å². The number of dihydropyridines is 1. The van der Waals surface area contributed by atoms with E-state index in [9.17, 15) is 0 Å². The molecule has 1 heteroatoms. The van der Waals surface area contributed by atoms with Gasteiger partial charge in [-0.3, -0.25) is 0 Å². The highest BCUT2D eigenvalue weighted by Gasteiger charge is 2.58. The van der Waals surface area contributed by atoms with Crippen molar-refractivity contribution in [1.82, 2.24) is 5.32 Å². The summed E-state index contributed by atoms with van der Waals surface area (Å²) in [5.74, 6) is 1.17. The molecule has 1 aliphatic heterocycles. The van der Waals surface area contributed by atoms with Crippen LogP contribution in [0.1, 0.15) is 47.0 Å². The van der Waals surface area contributed by atoms with Crippen LogP contribution in [0.25, 0.3) is 0 Å². The molecule has 0 amide bonds. The maximum absolute atomic E-state index is 4.53. The number of rotatable bonds is 8. The molecule has 0 aromatic rings. The molecule has 1 saturated carbocycles. The first-order valence-electron chi connectivity index (χ1n) is 13.2. The van der Waals surface area contributed by atoms with Gasteiger partial charge in [0.1, 0.15) is 0 Å². The van der Waals surface area contributed by atoms with Gasteiger partial charge < -0.3 is 5.32 Å². The van der Waals surface area contributed by atoms with Crippen molar-refractivity contribution in [3.05, 3.63) is 144 Å². The fourth-order valence-corrected chi connectivity index (χ4v) is 5.81. The summed E-state index contributed by atoms with van der Waals surface area (Å²) in [5.41, 5.74) is 8.22. The average molecular weight is 476 g/mol. The summed E-state index contributed by atoms with van der Waals surface area (Å²) in [4.78, 5) is 0. The Morgan fingerprint density at radius 2 is 1.89 bits per heavy atom. The second kappa shape index (κ2) is 10.3. The van der Waals surface area contributed by atoms with Gasteiger partial charge in [-0.1, -0.05) is 110 Å². The quantitative estimate of drug-likeness (QED) is 0.273. The molecule has 186 valence electrons. The first kappa shape index (κ1) is 25.8. The Bertz CT molecular complexity index is 1230. The van der Waals surface area contributed by atoms with Crippen LogP contribution in [-0.2, 0) is 0 Å². The zero-order valence-corrected chi connectivity index (χ0v) is 22.5. The van der Waals surface area contributed by atoms with E-state index in [-0.39, 0.29) is 11.0 Å². The highest BCUT2D eigenvalue weighted by molar-refractivity contribution is 5.60. The van der Waals surface area contributed by atoms with E-state index in [0.717, 1.165) is 36.0 Å². The molecule has 3 aliphatic carbocycles. The Kier molecular flexibility index (Phi) is 7.41. The van der Waals surface area contributed by atoms with Gasteiger partial charge in [0.05, 0.1) is 5.54 Å².